The third-order valence-electron chi connectivity index (χ3n) is 2.92. The van der Waals surface area contributed by atoms with E-state index in [2.05, 4.69) is 5.10 Å². The van der Waals surface area contributed by atoms with Crippen LogP contribution in [0.5, 0.6) is 0 Å². The monoisotopic (exact) mass is 292 g/mol. The number of hydrogen-bond donors (Lipinski definition) is 1. The summed E-state index contributed by atoms with van der Waals surface area (Å²) in [5.74, 6) is -0.471. The van der Waals surface area contributed by atoms with Crippen LogP contribution in [-0.4, -0.2) is 29.8 Å². The molecule has 0 fully saturated rings. The van der Waals surface area contributed by atoms with Crippen molar-refractivity contribution in [3.8, 4) is 5.69 Å². The highest BCUT2D eigenvalue weighted by molar-refractivity contribution is 7.96. The van der Waals surface area contributed by atoms with Crippen LogP contribution >= 0.6 is 12.2 Å². The fourth-order valence-electron chi connectivity index (χ4n) is 1.87. The lowest BCUT2D eigenvalue weighted by molar-refractivity contribution is 0.0999. The molecule has 0 aliphatic heterocycles. The Kier molecular flexibility index (Phi) is 4.31. The largest absolute Gasteiger partial charge is 0.365 e. The van der Waals surface area contributed by atoms with Crippen LogP contribution in [0.4, 0.5) is 5.69 Å². The number of aromatic nitrogens is 2. The third-order valence-corrected chi connectivity index (χ3v) is 3.50. The molecule has 20 heavy (non-hydrogen) atoms. The summed E-state index contributed by atoms with van der Waals surface area (Å²) in [6.07, 6.45) is 1.48. The second-order valence-corrected chi connectivity index (χ2v) is 5.20. The van der Waals surface area contributed by atoms with E-state index in [9.17, 15) is 4.79 Å². The molecule has 1 aromatic carbocycles. The van der Waals surface area contributed by atoms with Gasteiger partial charge in [-0.2, -0.15) is 5.10 Å². The number of rotatable bonds is 5. The van der Waals surface area contributed by atoms with Gasteiger partial charge in [-0.25, -0.2) is 4.68 Å². The Balaban J connectivity index is 2.28. The lowest BCUT2D eigenvalue weighted by atomic mass is 10.2. The van der Waals surface area contributed by atoms with Gasteiger partial charge in [-0.1, -0.05) is 0 Å². The smallest absolute Gasteiger partial charge is 0.252 e. The molecular formula is C13H16N4O2S. The van der Waals surface area contributed by atoms with Crippen LogP contribution in [-0.2, 0) is 4.18 Å². The minimum Gasteiger partial charge on any atom is -0.365 e. The number of carbonyl (C=O) groups excluding carboxylic acids is 1. The fraction of sp³-hybridized carbons (Fsp3) is 0.231. The van der Waals surface area contributed by atoms with Gasteiger partial charge in [0.15, 0.2) is 0 Å². The van der Waals surface area contributed by atoms with Crippen molar-refractivity contribution < 1.29 is 8.98 Å². The molecule has 0 bridgehead atoms. The Hall–Kier alpha value is -1.99. The van der Waals surface area contributed by atoms with Crippen molar-refractivity contribution in [2.45, 2.75) is 6.92 Å². The first-order chi connectivity index (χ1) is 9.54. The molecule has 0 unspecified atom stereocenters. The second kappa shape index (κ2) is 5.98. The molecule has 7 heteroatoms. The molecule has 0 spiro atoms. The molecule has 2 N–H and O–H groups in total. The molecule has 0 aliphatic carbocycles. The van der Waals surface area contributed by atoms with Crippen molar-refractivity contribution in [2.24, 2.45) is 5.73 Å². The van der Waals surface area contributed by atoms with E-state index in [0.717, 1.165) is 17.1 Å². The van der Waals surface area contributed by atoms with Gasteiger partial charge in [0.05, 0.1) is 30.3 Å². The molecule has 0 aliphatic rings. The fourth-order valence-corrected chi connectivity index (χ4v) is 2.30. The van der Waals surface area contributed by atoms with Gasteiger partial charge in [0.1, 0.15) is 12.2 Å². The molecule has 1 amide bonds. The maximum atomic E-state index is 11.2. The lowest BCUT2D eigenvalue weighted by Gasteiger charge is -2.15. The average molecular weight is 292 g/mol. The maximum absolute atomic E-state index is 11.2. The lowest BCUT2D eigenvalue weighted by Crippen LogP contribution is -2.12. The highest BCUT2D eigenvalue weighted by Crippen LogP contribution is 2.22. The SMILES string of the molecule is COSN(C)c1ccc(-n2ncc(C(N)=O)c2C)cc1. The summed E-state index contributed by atoms with van der Waals surface area (Å²) in [5.41, 5.74) is 8.32. The minimum absolute atomic E-state index is 0.432. The van der Waals surface area contributed by atoms with Gasteiger partial charge in [0, 0.05) is 12.7 Å². The standard InChI is InChI=1S/C13H16N4O2S/c1-9-12(13(14)18)8-15-17(9)11-6-4-10(5-7-11)16(2)20-19-3/h4-8H,1-3H3,(H2,14,18). The zero-order valence-corrected chi connectivity index (χ0v) is 12.3. The molecule has 0 radical (unpaired) electrons. The molecular weight excluding hydrogens is 276 g/mol. The Bertz CT molecular complexity index is 609. The van der Waals surface area contributed by atoms with Crippen LogP contribution < -0.4 is 10.0 Å². The van der Waals surface area contributed by atoms with Gasteiger partial charge >= 0.3 is 0 Å². The average Bonchev–Trinajstić information content (AvgIpc) is 2.81. The van der Waals surface area contributed by atoms with Crippen LogP contribution in [0.2, 0.25) is 0 Å². The number of anilines is 1. The van der Waals surface area contributed by atoms with Crippen LogP contribution in [0.1, 0.15) is 16.1 Å². The highest BCUT2D eigenvalue weighted by atomic mass is 32.2. The number of hydrogen-bond acceptors (Lipinski definition) is 5. The number of nitrogens with two attached hydrogens (primary N) is 1. The van der Waals surface area contributed by atoms with Gasteiger partial charge in [-0.05, 0) is 31.2 Å². The van der Waals surface area contributed by atoms with Gasteiger partial charge in [-0.15, -0.1) is 0 Å². The quantitative estimate of drug-likeness (QED) is 0.673. The van der Waals surface area contributed by atoms with Gasteiger partial charge < -0.3 is 9.92 Å². The molecule has 106 valence electrons. The molecule has 1 aromatic heterocycles. The van der Waals surface area contributed by atoms with Crippen molar-refractivity contribution in [3.63, 3.8) is 0 Å². The van der Waals surface area contributed by atoms with Crippen LogP contribution in [0, 0.1) is 6.92 Å². The van der Waals surface area contributed by atoms with E-state index < -0.39 is 5.91 Å². The normalized spacial score (nSPS) is 10.6. The van der Waals surface area contributed by atoms with E-state index >= 15 is 0 Å². The number of benzene rings is 1. The van der Waals surface area contributed by atoms with E-state index in [1.54, 1.807) is 11.8 Å². The van der Waals surface area contributed by atoms with Crippen molar-refractivity contribution in [1.29, 1.82) is 0 Å². The summed E-state index contributed by atoms with van der Waals surface area (Å²) in [6.45, 7) is 1.81. The summed E-state index contributed by atoms with van der Waals surface area (Å²) in [6, 6.07) is 7.75. The van der Waals surface area contributed by atoms with E-state index in [4.69, 9.17) is 9.92 Å². The van der Waals surface area contributed by atoms with E-state index in [0.29, 0.717) is 5.56 Å². The first kappa shape index (κ1) is 14.4. The van der Waals surface area contributed by atoms with Crippen molar-refractivity contribution in [2.75, 3.05) is 18.5 Å². The molecule has 2 aromatic rings. The number of nitrogens with zero attached hydrogens (tertiary/aromatic N) is 3. The molecule has 1 heterocycles. The first-order valence-corrected chi connectivity index (χ1v) is 6.64. The number of carbonyl (C=O) groups is 1. The number of primary amides is 1. The number of amides is 1. The molecule has 0 saturated carbocycles. The van der Waals surface area contributed by atoms with Crippen molar-refractivity contribution in [3.05, 3.63) is 41.7 Å². The highest BCUT2D eigenvalue weighted by Gasteiger charge is 2.12. The zero-order valence-electron chi connectivity index (χ0n) is 11.5. The topological polar surface area (TPSA) is 73.4 Å². The Morgan fingerprint density at radius 2 is 2.05 bits per heavy atom. The van der Waals surface area contributed by atoms with E-state index in [1.165, 1.54) is 18.4 Å². The van der Waals surface area contributed by atoms with E-state index in [-0.39, 0.29) is 0 Å². The summed E-state index contributed by atoms with van der Waals surface area (Å²) >= 11 is 1.25. The van der Waals surface area contributed by atoms with Crippen molar-refractivity contribution in [1.82, 2.24) is 9.78 Å². The molecule has 0 atom stereocenters. The Morgan fingerprint density at radius 3 is 2.55 bits per heavy atom. The molecule has 0 saturated heterocycles. The van der Waals surface area contributed by atoms with Crippen LogP contribution in [0.25, 0.3) is 5.69 Å². The van der Waals surface area contributed by atoms with Crippen LogP contribution in [0.15, 0.2) is 30.5 Å². The predicted octanol–water partition coefficient (Wildman–Crippen LogP) is 1.93. The Morgan fingerprint density at radius 1 is 1.40 bits per heavy atom. The summed E-state index contributed by atoms with van der Waals surface area (Å²) in [4.78, 5) is 11.2. The second-order valence-electron chi connectivity index (χ2n) is 4.17. The van der Waals surface area contributed by atoms with Gasteiger partial charge in [0.25, 0.3) is 5.91 Å². The van der Waals surface area contributed by atoms with Gasteiger partial charge in [0.2, 0.25) is 0 Å². The van der Waals surface area contributed by atoms with Gasteiger partial charge in [-0.3, -0.25) is 9.10 Å². The Labute approximate surface area is 121 Å². The summed E-state index contributed by atoms with van der Waals surface area (Å²) < 4.78 is 8.58. The summed E-state index contributed by atoms with van der Waals surface area (Å²) in [5, 5.41) is 4.19. The van der Waals surface area contributed by atoms with Crippen molar-refractivity contribution >= 4 is 23.8 Å². The van der Waals surface area contributed by atoms with Crippen LogP contribution in [0.3, 0.4) is 0 Å². The first-order valence-electron chi connectivity index (χ1n) is 5.94. The third kappa shape index (κ3) is 2.78. The predicted molar refractivity (Wildman–Crippen MR) is 79.8 cm³/mol. The zero-order chi connectivity index (χ0) is 14.7. The molecule has 2 rings (SSSR count). The summed E-state index contributed by atoms with van der Waals surface area (Å²) in [7, 11) is 3.53. The maximum Gasteiger partial charge on any atom is 0.252 e. The minimum atomic E-state index is -0.471. The molecule has 6 nitrogen and oxygen atoms in total. The van der Waals surface area contributed by atoms with E-state index in [1.807, 2.05) is 42.5 Å².